The van der Waals surface area contributed by atoms with Crippen molar-refractivity contribution in [2.75, 3.05) is 19.7 Å². The Labute approximate surface area is 138 Å². The Kier molecular flexibility index (Phi) is 4.73. The van der Waals surface area contributed by atoms with Crippen LogP contribution < -0.4 is 5.56 Å². The number of morpholine rings is 1. The Morgan fingerprint density at radius 2 is 2.17 bits per heavy atom. The van der Waals surface area contributed by atoms with E-state index in [1.807, 2.05) is 6.92 Å². The summed E-state index contributed by atoms with van der Waals surface area (Å²) in [4.78, 5) is 20.8. The number of aryl methyl sites for hydroxylation is 1. The predicted molar refractivity (Wildman–Crippen MR) is 84.6 cm³/mol. The lowest BCUT2D eigenvalue weighted by atomic mass is 10.1. The van der Waals surface area contributed by atoms with Crippen LogP contribution >= 0.6 is 0 Å². The zero-order valence-corrected chi connectivity index (χ0v) is 13.6. The minimum atomic E-state index is -0.614. The van der Waals surface area contributed by atoms with Crippen molar-refractivity contribution in [1.82, 2.24) is 14.9 Å². The maximum absolute atomic E-state index is 14.0. The number of nitrogens with one attached hydrogen (secondary N) is 1. The molecule has 0 amide bonds. The van der Waals surface area contributed by atoms with Gasteiger partial charge in [-0.15, -0.1) is 0 Å². The van der Waals surface area contributed by atoms with Gasteiger partial charge in [-0.3, -0.25) is 9.69 Å². The molecule has 5 nitrogen and oxygen atoms in total. The maximum Gasteiger partial charge on any atom is 0.251 e. The average Bonchev–Trinajstić information content (AvgIpc) is 2.53. The van der Waals surface area contributed by atoms with Crippen molar-refractivity contribution in [1.29, 1.82) is 0 Å². The molecule has 2 atom stereocenters. The van der Waals surface area contributed by atoms with Crippen molar-refractivity contribution in [2.24, 2.45) is 0 Å². The summed E-state index contributed by atoms with van der Waals surface area (Å²) >= 11 is 0. The highest BCUT2D eigenvalue weighted by Crippen LogP contribution is 2.29. The van der Waals surface area contributed by atoms with Gasteiger partial charge in [0.15, 0.2) is 0 Å². The number of nitrogens with zero attached hydrogens (tertiary/aromatic N) is 2. The number of halogens is 2. The number of aromatic amines is 1. The number of ether oxygens (including phenoxy) is 1. The van der Waals surface area contributed by atoms with Crippen LogP contribution in [-0.2, 0) is 4.74 Å². The molecule has 1 aromatic heterocycles. The molecule has 2 heterocycles. The summed E-state index contributed by atoms with van der Waals surface area (Å²) in [5.74, 6) is -0.657. The summed E-state index contributed by atoms with van der Waals surface area (Å²) in [5, 5.41) is 0. The fourth-order valence-electron chi connectivity index (χ4n) is 2.94. The van der Waals surface area contributed by atoms with Crippen LogP contribution in [0.4, 0.5) is 8.78 Å². The van der Waals surface area contributed by atoms with Gasteiger partial charge in [0.1, 0.15) is 17.5 Å². The van der Waals surface area contributed by atoms with Crippen LogP contribution in [0.3, 0.4) is 0 Å². The quantitative estimate of drug-likeness (QED) is 0.936. The Morgan fingerprint density at radius 3 is 2.88 bits per heavy atom. The summed E-state index contributed by atoms with van der Waals surface area (Å²) in [7, 11) is 0. The van der Waals surface area contributed by atoms with Crippen LogP contribution in [0, 0.1) is 18.6 Å². The summed E-state index contributed by atoms with van der Waals surface area (Å²) in [6.45, 7) is 5.18. The lowest BCUT2D eigenvalue weighted by Gasteiger charge is -2.36. The summed E-state index contributed by atoms with van der Waals surface area (Å²) in [5.41, 5.74) is 0.785. The fraction of sp³-hybridized carbons (Fsp3) is 0.412. The van der Waals surface area contributed by atoms with Crippen molar-refractivity contribution in [3.05, 3.63) is 63.3 Å². The monoisotopic (exact) mass is 335 g/mol. The van der Waals surface area contributed by atoms with Gasteiger partial charge in [0.25, 0.3) is 5.56 Å². The molecule has 1 saturated heterocycles. The average molecular weight is 335 g/mol. The largest absolute Gasteiger partial charge is 0.371 e. The molecule has 1 aliphatic rings. The Hall–Kier alpha value is -2.12. The van der Waals surface area contributed by atoms with Gasteiger partial charge in [0.2, 0.25) is 0 Å². The second kappa shape index (κ2) is 6.78. The van der Waals surface area contributed by atoms with Crippen LogP contribution in [0.5, 0.6) is 0 Å². The fourth-order valence-corrected chi connectivity index (χ4v) is 2.94. The van der Waals surface area contributed by atoms with Crippen molar-refractivity contribution >= 4 is 0 Å². The van der Waals surface area contributed by atoms with E-state index >= 15 is 0 Å². The summed E-state index contributed by atoms with van der Waals surface area (Å²) in [6.07, 6.45) is -0.488. The first-order valence-corrected chi connectivity index (χ1v) is 7.82. The molecule has 0 unspecified atom stereocenters. The first-order chi connectivity index (χ1) is 11.4. The highest BCUT2D eigenvalue weighted by atomic mass is 19.1. The Morgan fingerprint density at radius 1 is 1.38 bits per heavy atom. The molecule has 0 spiro atoms. The van der Waals surface area contributed by atoms with Crippen LogP contribution in [0.1, 0.15) is 36.2 Å². The lowest BCUT2D eigenvalue weighted by Crippen LogP contribution is -2.41. The van der Waals surface area contributed by atoms with Gasteiger partial charge in [0, 0.05) is 36.5 Å². The highest BCUT2D eigenvalue weighted by molar-refractivity contribution is 5.22. The molecule has 1 N–H and O–H groups in total. The van der Waals surface area contributed by atoms with Crippen molar-refractivity contribution in [2.45, 2.75) is 26.0 Å². The van der Waals surface area contributed by atoms with Crippen molar-refractivity contribution < 1.29 is 13.5 Å². The molecule has 1 aliphatic heterocycles. The Bertz CT molecular complexity index is 794. The van der Waals surface area contributed by atoms with Crippen LogP contribution in [0.25, 0.3) is 0 Å². The third-order valence-corrected chi connectivity index (χ3v) is 4.24. The van der Waals surface area contributed by atoms with Crippen molar-refractivity contribution in [3.8, 4) is 0 Å². The van der Waals surface area contributed by atoms with E-state index in [1.165, 1.54) is 18.2 Å². The highest BCUT2D eigenvalue weighted by Gasteiger charge is 2.28. The van der Waals surface area contributed by atoms with Crippen LogP contribution in [-0.4, -0.2) is 34.6 Å². The molecule has 2 aromatic rings. The molecule has 0 bridgehead atoms. The van der Waals surface area contributed by atoms with Crippen LogP contribution in [0.2, 0.25) is 0 Å². The number of benzene rings is 1. The van der Waals surface area contributed by atoms with E-state index in [9.17, 15) is 13.6 Å². The number of hydrogen-bond acceptors (Lipinski definition) is 4. The number of H-pyrrole nitrogens is 1. The standard InChI is InChI=1S/C17H19F2N3O2/c1-10-7-16(23)21-17(20-10)11(2)22-5-6-24-15(9-22)13-4-3-12(18)8-14(13)19/h3-4,7-8,11,15H,5-6,9H2,1-2H3,(H,20,21,23)/t11-,15-/m1/s1. The SMILES string of the molecule is Cc1cc(=O)[nH]c([C@@H](C)N2CCO[C@@H](c3ccc(F)cc3F)C2)n1. The first-order valence-electron chi connectivity index (χ1n) is 7.82. The van der Waals surface area contributed by atoms with Gasteiger partial charge in [-0.25, -0.2) is 13.8 Å². The second-order valence-electron chi connectivity index (χ2n) is 5.97. The Balaban J connectivity index is 1.81. The predicted octanol–water partition coefficient (Wildman–Crippen LogP) is 2.49. The van der Waals surface area contributed by atoms with E-state index in [4.69, 9.17) is 4.74 Å². The molecule has 128 valence electrons. The van der Waals surface area contributed by atoms with Crippen LogP contribution in [0.15, 0.2) is 29.1 Å². The van der Waals surface area contributed by atoms with E-state index in [0.29, 0.717) is 36.8 Å². The zero-order valence-electron chi connectivity index (χ0n) is 13.6. The van der Waals surface area contributed by atoms with Gasteiger partial charge in [-0.2, -0.15) is 0 Å². The molecule has 0 saturated carbocycles. The maximum atomic E-state index is 14.0. The molecule has 3 rings (SSSR count). The molecular weight excluding hydrogens is 316 g/mol. The smallest absolute Gasteiger partial charge is 0.251 e. The minimum absolute atomic E-state index is 0.146. The molecule has 1 fully saturated rings. The van der Waals surface area contributed by atoms with Gasteiger partial charge < -0.3 is 9.72 Å². The van der Waals surface area contributed by atoms with Gasteiger partial charge >= 0.3 is 0 Å². The molecule has 0 aliphatic carbocycles. The normalized spacial score (nSPS) is 20.1. The molecule has 1 aromatic carbocycles. The van der Waals surface area contributed by atoms with E-state index in [0.717, 1.165) is 6.07 Å². The van der Waals surface area contributed by atoms with E-state index in [-0.39, 0.29) is 11.6 Å². The summed E-state index contributed by atoms with van der Waals surface area (Å²) in [6, 6.07) is 4.79. The molecule has 24 heavy (non-hydrogen) atoms. The molecule has 0 radical (unpaired) electrons. The molecular formula is C17H19F2N3O2. The van der Waals surface area contributed by atoms with E-state index in [2.05, 4.69) is 14.9 Å². The van der Waals surface area contributed by atoms with Crippen molar-refractivity contribution in [3.63, 3.8) is 0 Å². The van der Waals surface area contributed by atoms with Gasteiger partial charge in [0.05, 0.1) is 18.8 Å². The zero-order chi connectivity index (χ0) is 17.3. The van der Waals surface area contributed by atoms with Gasteiger partial charge in [-0.05, 0) is 19.9 Å². The molecule has 7 heteroatoms. The number of rotatable bonds is 3. The number of aromatic nitrogens is 2. The first kappa shape index (κ1) is 16.7. The third kappa shape index (κ3) is 3.52. The van der Waals surface area contributed by atoms with Gasteiger partial charge in [-0.1, -0.05) is 6.07 Å². The summed E-state index contributed by atoms with van der Waals surface area (Å²) < 4.78 is 32.7. The second-order valence-corrected chi connectivity index (χ2v) is 5.97. The topological polar surface area (TPSA) is 58.2 Å². The lowest BCUT2D eigenvalue weighted by molar-refractivity contribution is -0.0457. The minimum Gasteiger partial charge on any atom is -0.371 e. The van der Waals surface area contributed by atoms with E-state index < -0.39 is 17.7 Å². The number of hydrogen-bond donors (Lipinski definition) is 1. The van der Waals surface area contributed by atoms with E-state index in [1.54, 1.807) is 6.92 Å². The third-order valence-electron chi connectivity index (χ3n) is 4.24.